The molecule has 0 aromatic heterocycles. The molecular weight excluding hydrogens is 252 g/mol. The first-order valence-corrected chi connectivity index (χ1v) is 5.53. The van der Waals surface area contributed by atoms with Crippen molar-refractivity contribution in [3.05, 3.63) is 59.2 Å². The van der Waals surface area contributed by atoms with Crippen molar-refractivity contribution in [3.63, 3.8) is 0 Å². The van der Waals surface area contributed by atoms with E-state index in [0.717, 1.165) is 12.1 Å². The summed E-state index contributed by atoms with van der Waals surface area (Å²) >= 11 is 0. The molecule has 0 saturated heterocycles. The molecule has 98 valence electrons. The van der Waals surface area contributed by atoms with Crippen LogP contribution in [-0.4, -0.2) is 11.0 Å². The van der Waals surface area contributed by atoms with Gasteiger partial charge in [-0.05, 0) is 42.8 Å². The Morgan fingerprint density at radius 2 is 1.74 bits per heavy atom. The zero-order chi connectivity index (χ0) is 14.0. The van der Waals surface area contributed by atoms with Crippen LogP contribution < -0.4 is 5.32 Å². The lowest BCUT2D eigenvalue weighted by Crippen LogP contribution is -2.13. The Kier molecular flexibility index (Phi) is 3.46. The van der Waals surface area contributed by atoms with Crippen LogP contribution in [0.1, 0.15) is 15.9 Å². The number of aromatic hydroxyl groups is 1. The van der Waals surface area contributed by atoms with E-state index in [1.165, 1.54) is 18.2 Å². The van der Waals surface area contributed by atoms with Crippen molar-refractivity contribution in [2.75, 3.05) is 5.32 Å². The summed E-state index contributed by atoms with van der Waals surface area (Å²) in [5, 5.41) is 11.8. The monoisotopic (exact) mass is 263 g/mol. The highest BCUT2D eigenvalue weighted by atomic mass is 19.1. The first-order chi connectivity index (χ1) is 8.95. The van der Waals surface area contributed by atoms with E-state index in [2.05, 4.69) is 5.32 Å². The lowest BCUT2D eigenvalue weighted by Gasteiger charge is -2.09. The van der Waals surface area contributed by atoms with Crippen molar-refractivity contribution in [1.29, 1.82) is 0 Å². The standard InChI is InChI=1S/C14H11F2NO2/c1-8-4-12(18)2-3-13(8)17-14(19)9-5-10(15)7-11(16)6-9/h2-7,18H,1H3,(H,17,19). The fraction of sp³-hybridized carbons (Fsp3) is 0.0714. The van der Waals surface area contributed by atoms with Gasteiger partial charge in [0.2, 0.25) is 0 Å². The van der Waals surface area contributed by atoms with Gasteiger partial charge in [0, 0.05) is 17.3 Å². The fourth-order valence-electron chi connectivity index (χ4n) is 1.67. The third-order valence-electron chi connectivity index (χ3n) is 2.58. The van der Waals surface area contributed by atoms with Crippen LogP contribution >= 0.6 is 0 Å². The average Bonchev–Trinajstić information content (AvgIpc) is 2.31. The number of benzene rings is 2. The van der Waals surface area contributed by atoms with Gasteiger partial charge in [0.1, 0.15) is 17.4 Å². The Hall–Kier alpha value is -2.43. The Morgan fingerprint density at radius 3 is 2.32 bits per heavy atom. The lowest BCUT2D eigenvalue weighted by atomic mass is 10.1. The maximum atomic E-state index is 13.0. The molecule has 5 heteroatoms. The van der Waals surface area contributed by atoms with Gasteiger partial charge in [-0.3, -0.25) is 4.79 Å². The molecular formula is C14H11F2NO2. The van der Waals surface area contributed by atoms with E-state index in [1.807, 2.05) is 0 Å². The first kappa shape index (κ1) is 13.0. The number of hydrogen-bond acceptors (Lipinski definition) is 2. The van der Waals surface area contributed by atoms with Crippen LogP contribution in [-0.2, 0) is 0 Å². The summed E-state index contributed by atoms with van der Waals surface area (Å²) in [4.78, 5) is 11.8. The highest BCUT2D eigenvalue weighted by Crippen LogP contribution is 2.21. The summed E-state index contributed by atoms with van der Waals surface area (Å²) < 4.78 is 26.0. The summed E-state index contributed by atoms with van der Waals surface area (Å²) in [7, 11) is 0. The van der Waals surface area contributed by atoms with Crippen molar-refractivity contribution in [2.24, 2.45) is 0 Å². The zero-order valence-corrected chi connectivity index (χ0v) is 10.1. The molecule has 2 aromatic carbocycles. The second-order valence-electron chi connectivity index (χ2n) is 4.11. The summed E-state index contributed by atoms with van der Waals surface area (Å²) in [6.07, 6.45) is 0. The molecule has 0 spiro atoms. The summed E-state index contributed by atoms with van der Waals surface area (Å²) in [5.74, 6) is -2.17. The van der Waals surface area contributed by atoms with Crippen molar-refractivity contribution in [1.82, 2.24) is 0 Å². The molecule has 2 aromatic rings. The van der Waals surface area contributed by atoms with Crippen LogP contribution in [0.3, 0.4) is 0 Å². The normalized spacial score (nSPS) is 10.3. The first-order valence-electron chi connectivity index (χ1n) is 5.53. The Balaban J connectivity index is 2.25. The minimum atomic E-state index is -0.812. The molecule has 0 fully saturated rings. The number of aryl methyl sites for hydroxylation is 1. The minimum Gasteiger partial charge on any atom is -0.508 e. The number of hydrogen-bond donors (Lipinski definition) is 2. The van der Waals surface area contributed by atoms with E-state index < -0.39 is 17.5 Å². The highest BCUT2D eigenvalue weighted by molar-refractivity contribution is 6.04. The molecule has 1 amide bonds. The Morgan fingerprint density at radius 1 is 1.11 bits per heavy atom. The Labute approximate surface area is 108 Å². The van der Waals surface area contributed by atoms with Crippen LogP contribution in [0.5, 0.6) is 5.75 Å². The molecule has 0 aliphatic carbocycles. The number of anilines is 1. The molecule has 0 saturated carbocycles. The molecule has 0 unspecified atom stereocenters. The third kappa shape index (κ3) is 3.07. The van der Waals surface area contributed by atoms with Gasteiger partial charge in [-0.2, -0.15) is 0 Å². The van der Waals surface area contributed by atoms with E-state index in [0.29, 0.717) is 17.3 Å². The van der Waals surface area contributed by atoms with Gasteiger partial charge in [-0.1, -0.05) is 0 Å². The van der Waals surface area contributed by atoms with Crippen LogP contribution in [0.4, 0.5) is 14.5 Å². The maximum absolute atomic E-state index is 13.0. The second kappa shape index (κ2) is 5.06. The number of carbonyl (C=O) groups excluding carboxylic acids is 1. The predicted octanol–water partition coefficient (Wildman–Crippen LogP) is 3.23. The molecule has 0 heterocycles. The topological polar surface area (TPSA) is 49.3 Å². The Bertz CT molecular complexity index is 621. The maximum Gasteiger partial charge on any atom is 0.255 e. The highest BCUT2D eigenvalue weighted by Gasteiger charge is 2.10. The number of halogens is 2. The number of carbonyl (C=O) groups is 1. The molecule has 0 aliphatic heterocycles. The third-order valence-corrected chi connectivity index (χ3v) is 2.58. The quantitative estimate of drug-likeness (QED) is 0.817. The predicted molar refractivity (Wildman–Crippen MR) is 67.2 cm³/mol. The fourth-order valence-corrected chi connectivity index (χ4v) is 1.67. The second-order valence-corrected chi connectivity index (χ2v) is 4.11. The summed E-state index contributed by atoms with van der Waals surface area (Å²) in [6.45, 7) is 1.70. The van der Waals surface area contributed by atoms with Crippen molar-refractivity contribution in [2.45, 2.75) is 6.92 Å². The van der Waals surface area contributed by atoms with Crippen molar-refractivity contribution >= 4 is 11.6 Å². The number of rotatable bonds is 2. The largest absolute Gasteiger partial charge is 0.508 e. The number of amides is 1. The van der Waals surface area contributed by atoms with Crippen LogP contribution in [0, 0.1) is 18.6 Å². The van der Waals surface area contributed by atoms with Gasteiger partial charge in [0.05, 0.1) is 0 Å². The summed E-state index contributed by atoms with van der Waals surface area (Å²) in [5.41, 5.74) is 1.00. The SMILES string of the molecule is Cc1cc(O)ccc1NC(=O)c1cc(F)cc(F)c1. The van der Waals surface area contributed by atoms with Crippen LogP contribution in [0.2, 0.25) is 0 Å². The van der Waals surface area contributed by atoms with Gasteiger partial charge in [0.25, 0.3) is 5.91 Å². The smallest absolute Gasteiger partial charge is 0.255 e. The van der Waals surface area contributed by atoms with Gasteiger partial charge < -0.3 is 10.4 Å². The minimum absolute atomic E-state index is 0.0762. The number of phenols is 1. The van der Waals surface area contributed by atoms with Crippen LogP contribution in [0.15, 0.2) is 36.4 Å². The molecule has 0 aliphatic rings. The van der Waals surface area contributed by atoms with E-state index in [4.69, 9.17) is 0 Å². The molecule has 0 bridgehead atoms. The van der Waals surface area contributed by atoms with E-state index >= 15 is 0 Å². The van der Waals surface area contributed by atoms with Crippen molar-refractivity contribution < 1.29 is 18.7 Å². The van der Waals surface area contributed by atoms with E-state index in [-0.39, 0.29) is 11.3 Å². The van der Waals surface area contributed by atoms with Gasteiger partial charge in [-0.15, -0.1) is 0 Å². The number of nitrogens with one attached hydrogen (secondary N) is 1. The lowest BCUT2D eigenvalue weighted by molar-refractivity contribution is 0.102. The van der Waals surface area contributed by atoms with Gasteiger partial charge in [0.15, 0.2) is 0 Å². The molecule has 3 nitrogen and oxygen atoms in total. The van der Waals surface area contributed by atoms with Crippen LogP contribution in [0.25, 0.3) is 0 Å². The number of phenolic OH excluding ortho intramolecular Hbond substituents is 1. The van der Waals surface area contributed by atoms with Gasteiger partial charge >= 0.3 is 0 Å². The molecule has 2 rings (SSSR count). The molecule has 19 heavy (non-hydrogen) atoms. The van der Waals surface area contributed by atoms with Gasteiger partial charge in [-0.25, -0.2) is 8.78 Å². The molecule has 0 atom stereocenters. The average molecular weight is 263 g/mol. The molecule has 0 radical (unpaired) electrons. The zero-order valence-electron chi connectivity index (χ0n) is 10.1. The molecule has 2 N–H and O–H groups in total. The summed E-state index contributed by atoms with van der Waals surface area (Å²) in [6, 6.07) is 7.00. The van der Waals surface area contributed by atoms with E-state index in [1.54, 1.807) is 6.92 Å². The van der Waals surface area contributed by atoms with Crippen molar-refractivity contribution in [3.8, 4) is 5.75 Å². The van der Waals surface area contributed by atoms with E-state index in [9.17, 15) is 18.7 Å².